The molecule has 3 amide bonds. The molecular formula is C26H25N3O4. The molecule has 1 spiro atoms. The van der Waals surface area contributed by atoms with E-state index in [2.05, 4.69) is 10.2 Å². The standard InChI is InChI=1S/C26H25N3O4/c1-13-6-11-18-22(14(13)2)27-25(33)26(18)21-20(19-5-4-12-28(19)26)23(31)29(24(21)32)17-9-7-16(8-10-17)15(3)30/h6-11,19-21H,4-5,12H2,1-3H3,(H,27,33). The van der Waals surface area contributed by atoms with Crippen molar-refractivity contribution in [1.82, 2.24) is 4.90 Å². The van der Waals surface area contributed by atoms with Crippen molar-refractivity contribution in [2.45, 2.75) is 45.2 Å². The van der Waals surface area contributed by atoms with Crippen LogP contribution in [0.5, 0.6) is 0 Å². The summed E-state index contributed by atoms with van der Waals surface area (Å²) in [6.45, 7) is 6.14. The van der Waals surface area contributed by atoms with E-state index in [-0.39, 0.29) is 29.5 Å². The van der Waals surface area contributed by atoms with Crippen LogP contribution in [0.25, 0.3) is 0 Å². The lowest BCUT2D eigenvalue weighted by molar-refractivity contribution is -0.135. The fourth-order valence-corrected chi connectivity index (χ4v) is 6.62. The largest absolute Gasteiger partial charge is 0.324 e. The van der Waals surface area contributed by atoms with E-state index in [4.69, 9.17) is 0 Å². The van der Waals surface area contributed by atoms with E-state index >= 15 is 0 Å². The first-order valence-corrected chi connectivity index (χ1v) is 11.5. The third-order valence-electron chi connectivity index (χ3n) is 8.23. The fourth-order valence-electron chi connectivity index (χ4n) is 6.62. The molecule has 0 saturated carbocycles. The number of aryl methyl sites for hydroxylation is 1. The molecule has 3 saturated heterocycles. The molecule has 4 aliphatic rings. The minimum absolute atomic E-state index is 0.0806. The number of amides is 3. The van der Waals surface area contributed by atoms with E-state index in [0.717, 1.165) is 35.2 Å². The van der Waals surface area contributed by atoms with E-state index in [0.29, 0.717) is 17.8 Å². The summed E-state index contributed by atoms with van der Waals surface area (Å²) in [5, 5.41) is 3.07. The zero-order valence-corrected chi connectivity index (χ0v) is 18.8. The highest BCUT2D eigenvalue weighted by Crippen LogP contribution is 2.61. The van der Waals surface area contributed by atoms with Crippen molar-refractivity contribution in [3.8, 4) is 0 Å². The van der Waals surface area contributed by atoms with E-state index < -0.39 is 17.4 Å². The van der Waals surface area contributed by atoms with Gasteiger partial charge in [0, 0.05) is 22.9 Å². The third-order valence-corrected chi connectivity index (χ3v) is 8.23. The SMILES string of the molecule is CC(=O)c1ccc(N2C(=O)C3C4CCCN4C4(C(=O)Nc5c4ccc(C)c5C)C3C2=O)cc1. The van der Waals surface area contributed by atoms with Gasteiger partial charge in [0.25, 0.3) is 0 Å². The summed E-state index contributed by atoms with van der Waals surface area (Å²) in [4.78, 5) is 56.4. The van der Waals surface area contributed by atoms with Gasteiger partial charge in [-0.15, -0.1) is 0 Å². The van der Waals surface area contributed by atoms with Crippen molar-refractivity contribution < 1.29 is 19.2 Å². The first-order chi connectivity index (χ1) is 15.8. The summed E-state index contributed by atoms with van der Waals surface area (Å²) in [6, 6.07) is 10.3. The lowest BCUT2D eigenvalue weighted by Gasteiger charge is -2.36. The van der Waals surface area contributed by atoms with Gasteiger partial charge in [-0.2, -0.15) is 0 Å². The minimum atomic E-state index is -1.17. The molecule has 168 valence electrons. The molecular weight excluding hydrogens is 418 g/mol. The number of hydrogen-bond acceptors (Lipinski definition) is 5. The van der Waals surface area contributed by atoms with Crippen LogP contribution in [-0.4, -0.2) is 41.0 Å². The number of carbonyl (C=O) groups excluding carboxylic acids is 4. The molecule has 2 aromatic carbocycles. The molecule has 33 heavy (non-hydrogen) atoms. The molecule has 7 nitrogen and oxygen atoms in total. The Morgan fingerprint density at radius 2 is 1.76 bits per heavy atom. The van der Waals surface area contributed by atoms with Crippen molar-refractivity contribution in [1.29, 1.82) is 0 Å². The van der Waals surface area contributed by atoms with Crippen LogP contribution in [0.1, 0.15) is 46.8 Å². The van der Waals surface area contributed by atoms with Crippen molar-refractivity contribution >= 4 is 34.9 Å². The number of nitrogens with zero attached hydrogens (tertiary/aromatic N) is 2. The molecule has 1 N–H and O–H groups in total. The summed E-state index contributed by atoms with van der Waals surface area (Å²) in [5.41, 5.74) is 3.44. The van der Waals surface area contributed by atoms with Crippen LogP contribution in [0.15, 0.2) is 36.4 Å². The number of nitrogens with one attached hydrogen (secondary N) is 1. The first-order valence-electron chi connectivity index (χ1n) is 11.5. The number of ketones is 1. The van der Waals surface area contributed by atoms with Gasteiger partial charge in [0.1, 0.15) is 5.54 Å². The lowest BCUT2D eigenvalue weighted by Crippen LogP contribution is -2.54. The molecule has 0 aromatic heterocycles. The molecule has 6 rings (SSSR count). The summed E-state index contributed by atoms with van der Waals surface area (Å²) < 4.78 is 0. The van der Waals surface area contributed by atoms with E-state index in [1.54, 1.807) is 24.3 Å². The predicted octanol–water partition coefficient (Wildman–Crippen LogP) is 2.94. The highest BCUT2D eigenvalue weighted by molar-refractivity contribution is 6.26. The second kappa shape index (κ2) is 6.60. The van der Waals surface area contributed by atoms with Crippen molar-refractivity contribution in [2.75, 3.05) is 16.8 Å². The minimum Gasteiger partial charge on any atom is -0.324 e. The Balaban J connectivity index is 1.52. The Labute approximate surface area is 191 Å². The summed E-state index contributed by atoms with van der Waals surface area (Å²) in [7, 11) is 0. The summed E-state index contributed by atoms with van der Waals surface area (Å²) in [6.07, 6.45) is 1.67. The quantitative estimate of drug-likeness (QED) is 0.570. The molecule has 4 atom stereocenters. The Hall–Kier alpha value is -3.32. The molecule has 0 radical (unpaired) electrons. The van der Waals surface area contributed by atoms with Crippen LogP contribution >= 0.6 is 0 Å². The Bertz CT molecular complexity index is 1270. The van der Waals surface area contributed by atoms with Gasteiger partial charge in [-0.05, 0) is 75.5 Å². The molecule has 4 heterocycles. The molecule has 3 fully saturated rings. The average molecular weight is 444 g/mol. The van der Waals surface area contributed by atoms with Gasteiger partial charge in [-0.3, -0.25) is 24.1 Å². The molecule has 4 aliphatic heterocycles. The fraction of sp³-hybridized carbons (Fsp3) is 0.385. The van der Waals surface area contributed by atoms with Gasteiger partial charge in [-0.1, -0.05) is 12.1 Å². The maximum absolute atomic E-state index is 13.9. The number of hydrogen-bond donors (Lipinski definition) is 1. The normalized spacial score (nSPS) is 30.1. The summed E-state index contributed by atoms with van der Waals surface area (Å²) >= 11 is 0. The second-order valence-electron chi connectivity index (χ2n) is 9.67. The number of Topliss-reactive ketones (excluding diaryl/α,β-unsaturated/α-hetero) is 1. The van der Waals surface area contributed by atoms with Crippen LogP contribution in [0.2, 0.25) is 0 Å². The third kappa shape index (κ3) is 2.33. The van der Waals surface area contributed by atoms with Gasteiger partial charge >= 0.3 is 0 Å². The topological polar surface area (TPSA) is 86.8 Å². The lowest BCUT2D eigenvalue weighted by atomic mass is 9.75. The molecule has 7 heteroatoms. The van der Waals surface area contributed by atoms with Crippen LogP contribution in [0.4, 0.5) is 11.4 Å². The number of rotatable bonds is 2. The average Bonchev–Trinajstić information content (AvgIpc) is 3.50. The van der Waals surface area contributed by atoms with Crippen molar-refractivity contribution in [3.63, 3.8) is 0 Å². The first kappa shape index (κ1) is 20.3. The predicted molar refractivity (Wildman–Crippen MR) is 122 cm³/mol. The number of fused-ring (bicyclic) bond motifs is 7. The monoisotopic (exact) mass is 443 g/mol. The van der Waals surface area contributed by atoms with Crippen molar-refractivity contribution in [3.05, 3.63) is 58.7 Å². The maximum Gasteiger partial charge on any atom is 0.250 e. The molecule has 0 bridgehead atoms. The smallest absolute Gasteiger partial charge is 0.250 e. The molecule has 2 aromatic rings. The Morgan fingerprint density at radius 1 is 1.03 bits per heavy atom. The van der Waals surface area contributed by atoms with Crippen LogP contribution < -0.4 is 10.2 Å². The van der Waals surface area contributed by atoms with Gasteiger partial charge in [0.2, 0.25) is 17.7 Å². The van der Waals surface area contributed by atoms with Crippen LogP contribution in [0, 0.1) is 25.7 Å². The number of carbonyl (C=O) groups is 4. The van der Waals surface area contributed by atoms with Crippen LogP contribution in [-0.2, 0) is 19.9 Å². The van der Waals surface area contributed by atoms with Gasteiger partial charge in [-0.25, -0.2) is 4.90 Å². The molecule has 0 aliphatic carbocycles. The zero-order valence-electron chi connectivity index (χ0n) is 18.8. The highest BCUT2D eigenvalue weighted by Gasteiger charge is 2.74. The zero-order chi connectivity index (χ0) is 23.2. The van der Waals surface area contributed by atoms with Gasteiger partial charge in [0.05, 0.1) is 17.5 Å². The number of benzene rings is 2. The Morgan fingerprint density at radius 3 is 2.45 bits per heavy atom. The second-order valence-corrected chi connectivity index (χ2v) is 9.67. The van der Waals surface area contributed by atoms with E-state index in [1.165, 1.54) is 11.8 Å². The molecule has 4 unspecified atom stereocenters. The maximum atomic E-state index is 13.9. The Kier molecular flexibility index (Phi) is 4.06. The highest BCUT2D eigenvalue weighted by atomic mass is 16.2. The van der Waals surface area contributed by atoms with Gasteiger partial charge < -0.3 is 5.32 Å². The van der Waals surface area contributed by atoms with E-state index in [1.807, 2.05) is 26.0 Å². The number of imide groups is 1. The summed E-state index contributed by atoms with van der Waals surface area (Å²) in [5.74, 6) is -2.21. The number of anilines is 2. The van der Waals surface area contributed by atoms with E-state index in [9.17, 15) is 19.2 Å². The van der Waals surface area contributed by atoms with Crippen LogP contribution in [0.3, 0.4) is 0 Å². The van der Waals surface area contributed by atoms with Crippen molar-refractivity contribution in [2.24, 2.45) is 11.8 Å². The van der Waals surface area contributed by atoms with Gasteiger partial charge in [0.15, 0.2) is 5.78 Å².